The van der Waals surface area contributed by atoms with Gasteiger partial charge in [0.2, 0.25) is 0 Å². The maximum Gasteiger partial charge on any atom is 0.343 e. The number of hydrogen-bond acceptors (Lipinski definition) is 2. The quantitative estimate of drug-likeness (QED) is 0.715. The number of nitrogens with one attached hydrogen (secondary N) is 1. The van der Waals surface area contributed by atoms with Crippen LogP contribution in [0.5, 0.6) is 0 Å². The van der Waals surface area contributed by atoms with Crippen molar-refractivity contribution < 1.29 is 0 Å². The summed E-state index contributed by atoms with van der Waals surface area (Å²) >= 11 is 0. The average Bonchev–Trinajstić information content (AvgIpc) is 2.75. The smallest absolute Gasteiger partial charge is 0.276 e. The van der Waals surface area contributed by atoms with Gasteiger partial charge < -0.3 is 0 Å². The first-order valence-corrected chi connectivity index (χ1v) is 4.37. The standard InChI is InChI=1S/C8H13N3O/c1-5(2)7-9-10-8(12)11(7)6-3-4-6/h5-6H,3-4H2,1-2H3,(H,10,12). The van der Waals surface area contributed by atoms with Gasteiger partial charge >= 0.3 is 5.69 Å². The van der Waals surface area contributed by atoms with E-state index >= 15 is 0 Å². The zero-order valence-electron chi connectivity index (χ0n) is 7.37. The van der Waals surface area contributed by atoms with Gasteiger partial charge in [-0.15, -0.1) is 0 Å². The number of rotatable bonds is 2. The number of aromatic amines is 1. The Morgan fingerprint density at radius 2 is 2.25 bits per heavy atom. The lowest BCUT2D eigenvalue weighted by molar-refractivity contribution is 0.625. The first-order valence-electron chi connectivity index (χ1n) is 4.37. The van der Waals surface area contributed by atoms with Crippen molar-refractivity contribution in [1.82, 2.24) is 14.8 Å². The zero-order valence-corrected chi connectivity index (χ0v) is 7.37. The van der Waals surface area contributed by atoms with Crippen molar-refractivity contribution in [1.29, 1.82) is 0 Å². The monoisotopic (exact) mass is 167 g/mol. The van der Waals surface area contributed by atoms with Gasteiger partial charge in [-0.05, 0) is 12.8 Å². The van der Waals surface area contributed by atoms with Crippen molar-refractivity contribution in [3.05, 3.63) is 16.3 Å². The fourth-order valence-electron chi connectivity index (χ4n) is 1.41. The second-order valence-electron chi connectivity index (χ2n) is 3.64. The van der Waals surface area contributed by atoms with E-state index in [2.05, 4.69) is 24.0 Å². The molecule has 66 valence electrons. The first kappa shape index (κ1) is 7.58. The van der Waals surface area contributed by atoms with E-state index in [-0.39, 0.29) is 5.69 Å². The average molecular weight is 167 g/mol. The molecular weight excluding hydrogens is 154 g/mol. The summed E-state index contributed by atoms with van der Waals surface area (Å²) in [6, 6.07) is 0.425. The maximum atomic E-state index is 11.3. The lowest BCUT2D eigenvalue weighted by Gasteiger charge is -2.05. The van der Waals surface area contributed by atoms with Gasteiger partial charge in [0.25, 0.3) is 0 Å². The third-order valence-electron chi connectivity index (χ3n) is 2.16. The van der Waals surface area contributed by atoms with Crippen LogP contribution in [0, 0.1) is 0 Å². The second-order valence-corrected chi connectivity index (χ2v) is 3.64. The molecule has 1 aliphatic rings. The van der Waals surface area contributed by atoms with Crippen molar-refractivity contribution in [2.45, 2.75) is 38.6 Å². The third kappa shape index (κ3) is 1.07. The Morgan fingerprint density at radius 1 is 1.58 bits per heavy atom. The summed E-state index contributed by atoms with van der Waals surface area (Å²) in [7, 11) is 0. The summed E-state index contributed by atoms with van der Waals surface area (Å²) in [4.78, 5) is 11.3. The molecule has 0 bridgehead atoms. The van der Waals surface area contributed by atoms with Crippen LogP contribution in [0.4, 0.5) is 0 Å². The van der Waals surface area contributed by atoms with Gasteiger partial charge in [-0.1, -0.05) is 13.8 Å². The van der Waals surface area contributed by atoms with Crippen LogP contribution in [-0.2, 0) is 0 Å². The molecule has 0 spiro atoms. The summed E-state index contributed by atoms with van der Waals surface area (Å²) < 4.78 is 1.80. The summed E-state index contributed by atoms with van der Waals surface area (Å²) in [5.74, 6) is 1.21. The third-order valence-corrected chi connectivity index (χ3v) is 2.16. The SMILES string of the molecule is CC(C)c1n[nH]c(=O)n1C1CC1. The van der Waals surface area contributed by atoms with E-state index in [1.54, 1.807) is 4.57 Å². The molecule has 0 saturated heterocycles. The van der Waals surface area contributed by atoms with Crippen molar-refractivity contribution in [3.63, 3.8) is 0 Å². The molecule has 2 rings (SSSR count). The Labute approximate surface area is 70.6 Å². The topological polar surface area (TPSA) is 50.7 Å². The van der Waals surface area contributed by atoms with Crippen molar-refractivity contribution in [3.8, 4) is 0 Å². The van der Waals surface area contributed by atoms with E-state index in [0.29, 0.717) is 12.0 Å². The predicted octanol–water partition coefficient (Wildman–Crippen LogP) is 1.03. The highest BCUT2D eigenvalue weighted by atomic mass is 16.1. The molecule has 12 heavy (non-hydrogen) atoms. The molecule has 0 unspecified atom stereocenters. The van der Waals surface area contributed by atoms with Crippen LogP contribution in [0.2, 0.25) is 0 Å². The lowest BCUT2D eigenvalue weighted by atomic mass is 10.2. The minimum atomic E-state index is -0.0544. The molecule has 0 aromatic carbocycles. The number of H-pyrrole nitrogens is 1. The maximum absolute atomic E-state index is 11.3. The van der Waals surface area contributed by atoms with Gasteiger partial charge in [-0.3, -0.25) is 4.57 Å². The van der Waals surface area contributed by atoms with E-state index in [1.807, 2.05) is 0 Å². The Bertz CT molecular complexity index is 332. The Hall–Kier alpha value is -1.06. The normalized spacial score (nSPS) is 17.2. The van der Waals surface area contributed by atoms with Gasteiger partial charge in [0.1, 0.15) is 5.82 Å². The summed E-state index contributed by atoms with van der Waals surface area (Å²) in [5, 5.41) is 6.50. The molecule has 4 nitrogen and oxygen atoms in total. The molecule has 1 N–H and O–H groups in total. The number of aromatic nitrogens is 3. The Balaban J connectivity index is 2.46. The number of hydrogen-bond donors (Lipinski definition) is 1. The highest BCUT2D eigenvalue weighted by molar-refractivity contribution is 4.98. The minimum absolute atomic E-state index is 0.0544. The van der Waals surface area contributed by atoms with E-state index in [9.17, 15) is 4.79 Å². The molecule has 0 radical (unpaired) electrons. The molecule has 4 heteroatoms. The highest BCUT2D eigenvalue weighted by Crippen LogP contribution is 2.35. The molecule has 0 atom stereocenters. The zero-order chi connectivity index (χ0) is 8.72. The second kappa shape index (κ2) is 2.47. The van der Waals surface area contributed by atoms with Crippen LogP contribution in [0.3, 0.4) is 0 Å². The predicted molar refractivity (Wildman–Crippen MR) is 45.2 cm³/mol. The fraction of sp³-hybridized carbons (Fsp3) is 0.750. The van der Waals surface area contributed by atoms with Crippen LogP contribution in [0.25, 0.3) is 0 Å². The van der Waals surface area contributed by atoms with Crippen LogP contribution in [0.15, 0.2) is 4.79 Å². The van der Waals surface area contributed by atoms with Crippen molar-refractivity contribution in [2.24, 2.45) is 0 Å². The van der Waals surface area contributed by atoms with E-state index in [4.69, 9.17) is 0 Å². The van der Waals surface area contributed by atoms with Crippen LogP contribution in [-0.4, -0.2) is 14.8 Å². The molecule has 1 fully saturated rings. The summed E-state index contributed by atoms with van der Waals surface area (Å²) in [6.45, 7) is 4.10. The first-order chi connectivity index (χ1) is 5.70. The van der Waals surface area contributed by atoms with Gasteiger partial charge in [0, 0.05) is 12.0 Å². The van der Waals surface area contributed by atoms with Gasteiger partial charge in [0.15, 0.2) is 0 Å². The molecule has 1 aliphatic carbocycles. The Kier molecular flexibility index (Phi) is 1.56. The van der Waals surface area contributed by atoms with E-state index < -0.39 is 0 Å². The molecule has 0 aliphatic heterocycles. The largest absolute Gasteiger partial charge is 0.343 e. The van der Waals surface area contributed by atoms with Crippen molar-refractivity contribution in [2.75, 3.05) is 0 Å². The fourth-order valence-corrected chi connectivity index (χ4v) is 1.41. The van der Waals surface area contributed by atoms with E-state index in [1.165, 1.54) is 0 Å². The van der Waals surface area contributed by atoms with Crippen LogP contribution < -0.4 is 5.69 Å². The van der Waals surface area contributed by atoms with E-state index in [0.717, 1.165) is 18.7 Å². The number of nitrogens with zero attached hydrogens (tertiary/aromatic N) is 2. The van der Waals surface area contributed by atoms with Gasteiger partial charge in [-0.25, -0.2) is 9.89 Å². The lowest BCUT2D eigenvalue weighted by Crippen LogP contribution is -2.18. The molecule has 1 saturated carbocycles. The van der Waals surface area contributed by atoms with Crippen molar-refractivity contribution >= 4 is 0 Å². The van der Waals surface area contributed by atoms with Crippen LogP contribution >= 0.6 is 0 Å². The molecule has 1 aromatic heterocycles. The molecule has 0 amide bonds. The van der Waals surface area contributed by atoms with Crippen LogP contribution in [0.1, 0.15) is 44.5 Å². The minimum Gasteiger partial charge on any atom is -0.276 e. The summed E-state index contributed by atoms with van der Waals surface area (Å²) in [5.41, 5.74) is -0.0544. The molecular formula is C8H13N3O. The highest BCUT2D eigenvalue weighted by Gasteiger charge is 2.28. The van der Waals surface area contributed by atoms with Gasteiger partial charge in [-0.2, -0.15) is 5.10 Å². The summed E-state index contributed by atoms with van der Waals surface area (Å²) in [6.07, 6.45) is 2.25. The Morgan fingerprint density at radius 3 is 2.75 bits per heavy atom. The van der Waals surface area contributed by atoms with Gasteiger partial charge in [0.05, 0.1) is 0 Å². The molecule has 1 aromatic rings. The molecule has 1 heterocycles.